The van der Waals surface area contributed by atoms with Gasteiger partial charge >= 0.3 is 5.97 Å². The smallest absolute Gasteiger partial charge is 0.319 e. The number of rotatable bonds is 5. The maximum absolute atomic E-state index is 11.1. The van der Waals surface area contributed by atoms with Crippen LogP contribution in [0.1, 0.15) is 26.7 Å². The van der Waals surface area contributed by atoms with E-state index in [-0.39, 0.29) is 0 Å². The molecule has 0 aromatic rings. The zero-order chi connectivity index (χ0) is 8.85. The maximum Gasteiger partial charge on any atom is 0.319 e. The lowest BCUT2D eigenvalue weighted by Crippen LogP contribution is -2.26. The average molecular weight is 178 g/mol. The highest BCUT2D eigenvalue weighted by Gasteiger charge is 2.21. The van der Waals surface area contributed by atoms with Gasteiger partial charge < -0.3 is 5.11 Å². The standard InChI is InChI=1S/C7H14O3S/c1-3-5-11(10)6(4-2)7(8)9/h6H,3-5H2,1-2H3,(H,8,9). The van der Waals surface area contributed by atoms with Crippen molar-refractivity contribution in [2.24, 2.45) is 0 Å². The Morgan fingerprint density at radius 2 is 2.09 bits per heavy atom. The van der Waals surface area contributed by atoms with Crippen molar-refractivity contribution >= 4 is 16.8 Å². The fraction of sp³-hybridized carbons (Fsp3) is 0.857. The molecule has 0 heterocycles. The molecule has 0 saturated heterocycles. The van der Waals surface area contributed by atoms with Gasteiger partial charge in [0.2, 0.25) is 0 Å². The van der Waals surface area contributed by atoms with Gasteiger partial charge in [-0.1, -0.05) is 13.8 Å². The SMILES string of the molecule is CCCS(=O)C(CC)C(=O)O. The molecular weight excluding hydrogens is 164 g/mol. The summed E-state index contributed by atoms with van der Waals surface area (Å²) in [6.07, 6.45) is 1.22. The highest BCUT2D eigenvalue weighted by molar-refractivity contribution is 7.86. The van der Waals surface area contributed by atoms with Crippen molar-refractivity contribution in [1.82, 2.24) is 0 Å². The van der Waals surface area contributed by atoms with E-state index in [9.17, 15) is 9.00 Å². The van der Waals surface area contributed by atoms with E-state index in [1.54, 1.807) is 6.92 Å². The Labute approximate surface area is 69.3 Å². The van der Waals surface area contributed by atoms with Crippen molar-refractivity contribution in [3.63, 3.8) is 0 Å². The second-order valence-electron chi connectivity index (χ2n) is 2.32. The lowest BCUT2D eigenvalue weighted by atomic mass is 10.3. The summed E-state index contributed by atoms with van der Waals surface area (Å²) in [7, 11) is -1.19. The normalized spacial score (nSPS) is 15.8. The van der Waals surface area contributed by atoms with Crippen LogP contribution in [-0.2, 0) is 15.6 Å². The Morgan fingerprint density at radius 1 is 1.55 bits per heavy atom. The summed E-state index contributed by atoms with van der Waals surface area (Å²) in [5.41, 5.74) is 0. The fourth-order valence-corrected chi connectivity index (χ4v) is 2.10. The van der Waals surface area contributed by atoms with Gasteiger partial charge in [0.05, 0.1) is 0 Å². The lowest BCUT2D eigenvalue weighted by Gasteiger charge is -2.07. The van der Waals surface area contributed by atoms with Gasteiger partial charge in [0.15, 0.2) is 0 Å². The van der Waals surface area contributed by atoms with Crippen molar-refractivity contribution in [3.05, 3.63) is 0 Å². The topological polar surface area (TPSA) is 54.4 Å². The first-order chi connectivity index (χ1) is 5.13. The van der Waals surface area contributed by atoms with E-state index >= 15 is 0 Å². The summed E-state index contributed by atoms with van der Waals surface area (Å²) in [5, 5.41) is 7.91. The van der Waals surface area contributed by atoms with E-state index < -0.39 is 22.0 Å². The van der Waals surface area contributed by atoms with Gasteiger partial charge in [-0.15, -0.1) is 0 Å². The molecule has 66 valence electrons. The van der Waals surface area contributed by atoms with Crippen molar-refractivity contribution in [2.45, 2.75) is 31.9 Å². The van der Waals surface area contributed by atoms with Gasteiger partial charge in [-0.05, 0) is 12.8 Å². The molecule has 4 heteroatoms. The number of carboxylic acid groups (broad SMARTS) is 1. The zero-order valence-electron chi connectivity index (χ0n) is 6.87. The third-order valence-electron chi connectivity index (χ3n) is 1.37. The Hall–Kier alpha value is -0.380. The summed E-state index contributed by atoms with van der Waals surface area (Å²) in [6.45, 7) is 3.64. The van der Waals surface area contributed by atoms with Gasteiger partial charge in [-0.2, -0.15) is 0 Å². The second-order valence-corrected chi connectivity index (χ2v) is 4.06. The number of carboxylic acids is 1. The maximum atomic E-state index is 11.1. The molecule has 0 saturated carbocycles. The van der Waals surface area contributed by atoms with Gasteiger partial charge in [0.1, 0.15) is 5.25 Å². The summed E-state index contributed by atoms with van der Waals surface area (Å²) in [4.78, 5) is 10.5. The Kier molecular flexibility index (Phi) is 5.11. The van der Waals surface area contributed by atoms with Crippen LogP contribution in [0.3, 0.4) is 0 Å². The molecule has 2 atom stereocenters. The molecule has 0 aromatic heterocycles. The first kappa shape index (κ1) is 10.6. The minimum Gasteiger partial charge on any atom is -0.480 e. The monoisotopic (exact) mass is 178 g/mol. The summed E-state index contributed by atoms with van der Waals surface area (Å²) in [5.74, 6) is -0.454. The molecule has 0 fully saturated rings. The summed E-state index contributed by atoms with van der Waals surface area (Å²) >= 11 is 0. The molecule has 0 aliphatic carbocycles. The molecular formula is C7H14O3S. The van der Waals surface area contributed by atoms with Crippen molar-refractivity contribution in [1.29, 1.82) is 0 Å². The predicted molar refractivity (Wildman–Crippen MR) is 45.0 cm³/mol. The minimum absolute atomic E-state index is 0.446. The molecule has 0 aromatic carbocycles. The third kappa shape index (κ3) is 3.51. The van der Waals surface area contributed by atoms with E-state index in [2.05, 4.69) is 0 Å². The first-order valence-corrected chi connectivity index (χ1v) is 5.11. The van der Waals surface area contributed by atoms with Crippen molar-refractivity contribution in [2.75, 3.05) is 5.75 Å². The zero-order valence-corrected chi connectivity index (χ0v) is 7.69. The third-order valence-corrected chi connectivity index (χ3v) is 3.35. The highest BCUT2D eigenvalue weighted by Crippen LogP contribution is 2.03. The molecule has 2 unspecified atom stereocenters. The van der Waals surface area contributed by atoms with Crippen LogP contribution in [0.25, 0.3) is 0 Å². The predicted octanol–water partition coefficient (Wildman–Crippen LogP) is 1.01. The highest BCUT2D eigenvalue weighted by atomic mass is 32.2. The fourth-order valence-electron chi connectivity index (χ4n) is 0.816. The van der Waals surface area contributed by atoms with Crippen molar-refractivity contribution < 1.29 is 14.1 Å². The number of hydrogen-bond acceptors (Lipinski definition) is 2. The van der Waals surface area contributed by atoms with Crippen LogP contribution in [0.15, 0.2) is 0 Å². The summed E-state index contributed by atoms with van der Waals surface area (Å²) < 4.78 is 11.1. The van der Waals surface area contributed by atoms with Crippen LogP contribution >= 0.6 is 0 Å². The Bertz CT molecular complexity index is 156. The average Bonchev–Trinajstić information content (AvgIpc) is 1.88. The molecule has 1 N–H and O–H groups in total. The van der Waals surface area contributed by atoms with Crippen LogP contribution in [0.2, 0.25) is 0 Å². The van der Waals surface area contributed by atoms with Gasteiger partial charge in [-0.25, -0.2) is 0 Å². The molecule has 0 aliphatic heterocycles. The van der Waals surface area contributed by atoms with Gasteiger partial charge in [0.25, 0.3) is 0 Å². The van der Waals surface area contributed by atoms with E-state index in [1.807, 2.05) is 6.92 Å². The van der Waals surface area contributed by atoms with Crippen LogP contribution in [0, 0.1) is 0 Å². The molecule has 0 rings (SSSR count). The quantitative estimate of drug-likeness (QED) is 0.683. The van der Waals surface area contributed by atoms with Gasteiger partial charge in [-0.3, -0.25) is 9.00 Å². The molecule has 0 spiro atoms. The molecule has 3 nitrogen and oxygen atoms in total. The van der Waals surface area contributed by atoms with Crippen LogP contribution in [-0.4, -0.2) is 26.3 Å². The van der Waals surface area contributed by atoms with Gasteiger partial charge in [0, 0.05) is 16.6 Å². The molecule has 0 amide bonds. The first-order valence-electron chi connectivity index (χ1n) is 3.73. The molecule has 0 aliphatic rings. The largest absolute Gasteiger partial charge is 0.480 e. The summed E-state index contributed by atoms with van der Waals surface area (Å²) in [6, 6.07) is 0. The Balaban J connectivity index is 4.03. The van der Waals surface area contributed by atoms with Crippen molar-refractivity contribution in [3.8, 4) is 0 Å². The second kappa shape index (κ2) is 5.29. The van der Waals surface area contributed by atoms with E-state index in [0.717, 1.165) is 6.42 Å². The molecule has 0 bridgehead atoms. The van der Waals surface area contributed by atoms with Crippen LogP contribution in [0.4, 0.5) is 0 Å². The molecule has 0 radical (unpaired) electrons. The van der Waals surface area contributed by atoms with E-state index in [1.165, 1.54) is 0 Å². The number of carbonyl (C=O) groups is 1. The van der Waals surface area contributed by atoms with E-state index in [4.69, 9.17) is 5.11 Å². The van der Waals surface area contributed by atoms with Crippen LogP contribution < -0.4 is 0 Å². The van der Waals surface area contributed by atoms with E-state index in [0.29, 0.717) is 12.2 Å². The Morgan fingerprint density at radius 3 is 2.36 bits per heavy atom. The number of aliphatic carboxylic acids is 1. The lowest BCUT2D eigenvalue weighted by molar-refractivity contribution is -0.136. The minimum atomic E-state index is -1.19. The molecule has 11 heavy (non-hydrogen) atoms. The number of hydrogen-bond donors (Lipinski definition) is 1. The van der Waals surface area contributed by atoms with Crippen LogP contribution in [0.5, 0.6) is 0 Å².